The Hall–Kier alpha value is -1.09. The van der Waals surface area contributed by atoms with Crippen molar-refractivity contribution in [1.29, 1.82) is 0 Å². The van der Waals surface area contributed by atoms with Gasteiger partial charge in [-0.25, -0.2) is 4.98 Å². The number of ether oxygens (including phenoxy) is 1. The Morgan fingerprint density at radius 3 is 2.72 bits per heavy atom. The van der Waals surface area contributed by atoms with Crippen LogP contribution >= 0.6 is 0 Å². The van der Waals surface area contributed by atoms with Crippen molar-refractivity contribution in [1.82, 2.24) is 10.3 Å². The molecule has 1 aliphatic carbocycles. The number of nitrogens with zero attached hydrogens (tertiary/aromatic N) is 1. The molecular formula is C15H24N2O. The zero-order valence-corrected chi connectivity index (χ0v) is 11.5. The highest BCUT2D eigenvalue weighted by atomic mass is 16.5. The van der Waals surface area contributed by atoms with Gasteiger partial charge in [0, 0.05) is 18.3 Å². The van der Waals surface area contributed by atoms with Gasteiger partial charge >= 0.3 is 0 Å². The average molecular weight is 248 g/mol. The summed E-state index contributed by atoms with van der Waals surface area (Å²) in [7, 11) is 1.65. The first kappa shape index (κ1) is 13.3. The standard InChI is InChI=1S/C15H24N2O/c1-3-16-14(13-6-4-5-7-13)10-12-8-9-15(18-2)17-11-12/h8-9,11,13-14,16H,3-7,10H2,1-2H3. The molecule has 0 bridgehead atoms. The molecular weight excluding hydrogens is 224 g/mol. The zero-order chi connectivity index (χ0) is 12.8. The Balaban J connectivity index is 1.98. The van der Waals surface area contributed by atoms with Crippen LogP contribution in [-0.2, 0) is 6.42 Å². The van der Waals surface area contributed by atoms with Crippen molar-refractivity contribution in [3.05, 3.63) is 23.9 Å². The summed E-state index contributed by atoms with van der Waals surface area (Å²) < 4.78 is 5.09. The number of hydrogen-bond donors (Lipinski definition) is 1. The van der Waals surface area contributed by atoms with Crippen LogP contribution in [0.15, 0.2) is 18.3 Å². The van der Waals surface area contributed by atoms with E-state index in [1.807, 2.05) is 12.3 Å². The van der Waals surface area contributed by atoms with Crippen molar-refractivity contribution in [3.63, 3.8) is 0 Å². The highest BCUT2D eigenvalue weighted by Gasteiger charge is 2.24. The maximum Gasteiger partial charge on any atom is 0.212 e. The van der Waals surface area contributed by atoms with Gasteiger partial charge < -0.3 is 10.1 Å². The molecule has 1 aromatic heterocycles. The maximum atomic E-state index is 5.09. The van der Waals surface area contributed by atoms with E-state index in [-0.39, 0.29) is 0 Å². The molecule has 0 amide bonds. The van der Waals surface area contributed by atoms with Crippen molar-refractivity contribution in [3.8, 4) is 5.88 Å². The first-order valence-electron chi connectivity index (χ1n) is 7.05. The van der Waals surface area contributed by atoms with Crippen molar-refractivity contribution < 1.29 is 4.74 Å². The fourth-order valence-electron chi connectivity index (χ4n) is 2.93. The molecule has 3 nitrogen and oxygen atoms in total. The van der Waals surface area contributed by atoms with Crippen LogP contribution in [0.25, 0.3) is 0 Å². The summed E-state index contributed by atoms with van der Waals surface area (Å²) in [4.78, 5) is 4.29. The van der Waals surface area contributed by atoms with Gasteiger partial charge in [-0.1, -0.05) is 25.8 Å². The summed E-state index contributed by atoms with van der Waals surface area (Å²) in [5.74, 6) is 1.53. The molecule has 18 heavy (non-hydrogen) atoms. The van der Waals surface area contributed by atoms with Crippen molar-refractivity contribution >= 4 is 0 Å². The van der Waals surface area contributed by atoms with Gasteiger partial charge in [-0.15, -0.1) is 0 Å². The molecule has 100 valence electrons. The summed E-state index contributed by atoms with van der Waals surface area (Å²) in [5, 5.41) is 3.64. The summed E-state index contributed by atoms with van der Waals surface area (Å²) in [6, 6.07) is 4.69. The number of rotatable bonds is 6. The number of methoxy groups -OCH3 is 1. The first-order valence-corrected chi connectivity index (χ1v) is 7.05. The second kappa shape index (κ2) is 6.74. The van der Waals surface area contributed by atoms with Crippen LogP contribution in [0.4, 0.5) is 0 Å². The molecule has 1 unspecified atom stereocenters. The van der Waals surface area contributed by atoms with Crippen LogP contribution in [0.1, 0.15) is 38.2 Å². The van der Waals surface area contributed by atoms with E-state index in [2.05, 4.69) is 23.3 Å². The van der Waals surface area contributed by atoms with E-state index in [0.29, 0.717) is 11.9 Å². The van der Waals surface area contributed by atoms with Crippen LogP contribution in [-0.4, -0.2) is 24.7 Å². The zero-order valence-electron chi connectivity index (χ0n) is 11.5. The number of nitrogens with one attached hydrogen (secondary N) is 1. The number of aromatic nitrogens is 1. The van der Waals surface area contributed by atoms with Gasteiger partial charge in [-0.05, 0) is 37.3 Å². The molecule has 0 radical (unpaired) electrons. The lowest BCUT2D eigenvalue weighted by molar-refractivity contribution is 0.361. The Kier molecular flexibility index (Phi) is 5.00. The van der Waals surface area contributed by atoms with E-state index in [0.717, 1.165) is 18.9 Å². The fourth-order valence-corrected chi connectivity index (χ4v) is 2.93. The van der Waals surface area contributed by atoms with Gasteiger partial charge in [-0.3, -0.25) is 0 Å². The Labute approximate surface area is 110 Å². The largest absolute Gasteiger partial charge is 0.481 e. The van der Waals surface area contributed by atoms with Crippen LogP contribution in [0.2, 0.25) is 0 Å². The van der Waals surface area contributed by atoms with E-state index in [9.17, 15) is 0 Å². The van der Waals surface area contributed by atoms with Gasteiger partial charge in [-0.2, -0.15) is 0 Å². The van der Waals surface area contributed by atoms with Gasteiger partial charge in [0.2, 0.25) is 5.88 Å². The molecule has 0 aliphatic heterocycles. The maximum absolute atomic E-state index is 5.09. The lowest BCUT2D eigenvalue weighted by Crippen LogP contribution is -2.36. The molecule has 1 fully saturated rings. The first-order chi connectivity index (χ1) is 8.83. The smallest absolute Gasteiger partial charge is 0.212 e. The molecule has 1 N–H and O–H groups in total. The van der Waals surface area contributed by atoms with E-state index < -0.39 is 0 Å². The van der Waals surface area contributed by atoms with Crippen molar-refractivity contribution in [2.45, 2.75) is 45.1 Å². The SMILES string of the molecule is CCNC(Cc1ccc(OC)nc1)C1CCCC1. The minimum Gasteiger partial charge on any atom is -0.481 e. The van der Waals surface area contributed by atoms with E-state index in [4.69, 9.17) is 4.74 Å². The number of likely N-dealkylation sites (N-methyl/N-ethyl adjacent to an activating group) is 1. The lowest BCUT2D eigenvalue weighted by Gasteiger charge is -2.24. The second-order valence-electron chi connectivity index (χ2n) is 5.12. The van der Waals surface area contributed by atoms with Crippen LogP contribution in [0.5, 0.6) is 5.88 Å². The molecule has 0 aromatic carbocycles. The third kappa shape index (κ3) is 3.45. The number of hydrogen-bond acceptors (Lipinski definition) is 3. The molecule has 1 aliphatic rings. The predicted octanol–water partition coefficient (Wildman–Crippen LogP) is 2.80. The summed E-state index contributed by atoms with van der Waals surface area (Å²) in [6.45, 7) is 3.24. The quantitative estimate of drug-likeness (QED) is 0.840. The lowest BCUT2D eigenvalue weighted by atomic mass is 9.92. The Morgan fingerprint density at radius 1 is 1.39 bits per heavy atom. The third-order valence-corrected chi connectivity index (χ3v) is 3.90. The van der Waals surface area contributed by atoms with Crippen LogP contribution in [0.3, 0.4) is 0 Å². The van der Waals surface area contributed by atoms with Gasteiger partial charge in [0.1, 0.15) is 0 Å². The topological polar surface area (TPSA) is 34.1 Å². The highest BCUT2D eigenvalue weighted by Crippen LogP contribution is 2.29. The molecule has 0 saturated heterocycles. The van der Waals surface area contributed by atoms with Crippen LogP contribution in [0, 0.1) is 5.92 Å². The Bertz CT molecular complexity index is 344. The Morgan fingerprint density at radius 2 is 2.17 bits per heavy atom. The van der Waals surface area contributed by atoms with Gasteiger partial charge in [0.05, 0.1) is 7.11 Å². The predicted molar refractivity (Wildman–Crippen MR) is 73.9 cm³/mol. The minimum atomic E-state index is 0.604. The highest BCUT2D eigenvalue weighted by molar-refractivity contribution is 5.18. The molecule has 1 saturated carbocycles. The van der Waals surface area contributed by atoms with E-state index in [1.54, 1.807) is 7.11 Å². The summed E-state index contributed by atoms with van der Waals surface area (Å²) >= 11 is 0. The summed E-state index contributed by atoms with van der Waals surface area (Å²) in [5.41, 5.74) is 1.30. The molecule has 1 heterocycles. The van der Waals surface area contributed by atoms with E-state index >= 15 is 0 Å². The van der Waals surface area contributed by atoms with Crippen molar-refractivity contribution in [2.24, 2.45) is 5.92 Å². The molecule has 2 rings (SSSR count). The van der Waals surface area contributed by atoms with Crippen molar-refractivity contribution in [2.75, 3.05) is 13.7 Å². The second-order valence-corrected chi connectivity index (χ2v) is 5.12. The van der Waals surface area contributed by atoms with Gasteiger partial charge in [0.15, 0.2) is 0 Å². The molecule has 3 heteroatoms. The number of pyridine rings is 1. The third-order valence-electron chi connectivity index (χ3n) is 3.90. The monoisotopic (exact) mass is 248 g/mol. The normalized spacial score (nSPS) is 17.9. The fraction of sp³-hybridized carbons (Fsp3) is 0.667. The molecule has 0 spiro atoms. The minimum absolute atomic E-state index is 0.604. The summed E-state index contributed by atoms with van der Waals surface area (Å²) in [6.07, 6.45) is 8.57. The van der Waals surface area contributed by atoms with Gasteiger partial charge in [0.25, 0.3) is 0 Å². The molecule has 1 atom stereocenters. The average Bonchev–Trinajstić information content (AvgIpc) is 2.93. The van der Waals surface area contributed by atoms with Crippen LogP contribution < -0.4 is 10.1 Å². The molecule has 1 aromatic rings. The van der Waals surface area contributed by atoms with E-state index in [1.165, 1.54) is 31.2 Å².